The quantitative estimate of drug-likeness (QED) is 0.737. The van der Waals surface area contributed by atoms with Gasteiger partial charge in [-0.05, 0) is 50.5 Å². The minimum absolute atomic E-state index is 0.0711. The fourth-order valence-corrected chi connectivity index (χ4v) is 2.59. The summed E-state index contributed by atoms with van der Waals surface area (Å²) in [5.41, 5.74) is 1.68. The molecule has 5 nitrogen and oxygen atoms in total. The molecule has 0 spiro atoms. The molecule has 1 aromatic carbocycles. The first-order valence-corrected chi connectivity index (χ1v) is 8.05. The summed E-state index contributed by atoms with van der Waals surface area (Å²) in [7, 11) is 0. The smallest absolute Gasteiger partial charge is 0.344 e. The Bertz CT molecular complexity index is 537. The van der Waals surface area contributed by atoms with Gasteiger partial charge in [0.15, 0.2) is 13.2 Å². The largest absolute Gasteiger partial charge is 0.481 e. The summed E-state index contributed by atoms with van der Waals surface area (Å²) >= 11 is 5.94. The van der Waals surface area contributed by atoms with Crippen molar-refractivity contribution in [3.63, 3.8) is 0 Å². The Hall–Kier alpha value is -1.75. The third-order valence-electron chi connectivity index (χ3n) is 3.25. The molecule has 128 valence electrons. The number of ether oxygens (including phenoxy) is 2. The monoisotopic (exact) mass is 341 g/mol. The van der Waals surface area contributed by atoms with Crippen molar-refractivity contribution in [1.82, 2.24) is 5.32 Å². The molecule has 0 aliphatic carbocycles. The molecule has 0 bridgehead atoms. The number of aryl methyl sites for hydroxylation is 2. The molecule has 1 aromatic rings. The van der Waals surface area contributed by atoms with Crippen LogP contribution in [0.25, 0.3) is 0 Å². The van der Waals surface area contributed by atoms with Crippen LogP contribution in [0.4, 0.5) is 0 Å². The van der Waals surface area contributed by atoms with Gasteiger partial charge in [-0.3, -0.25) is 4.79 Å². The van der Waals surface area contributed by atoms with Crippen molar-refractivity contribution >= 4 is 23.5 Å². The number of esters is 1. The number of hydrogen-bond donors (Lipinski definition) is 1. The Kier molecular flexibility index (Phi) is 7.89. The second-order valence-corrected chi connectivity index (χ2v) is 6.01. The van der Waals surface area contributed by atoms with Gasteiger partial charge in [-0.1, -0.05) is 24.9 Å². The fraction of sp³-hybridized carbons (Fsp3) is 0.529. The topological polar surface area (TPSA) is 64.6 Å². The predicted octanol–water partition coefficient (Wildman–Crippen LogP) is 3.18. The summed E-state index contributed by atoms with van der Waals surface area (Å²) in [4.78, 5) is 23.3. The Morgan fingerprint density at radius 1 is 1.22 bits per heavy atom. The summed E-state index contributed by atoms with van der Waals surface area (Å²) in [6, 6.07) is 3.59. The standard InChI is InChI=1S/C17H24ClNO4/c1-5-6-13(4)19-15(20)9-22-16(21)10-23-17-11(2)7-14(18)8-12(17)3/h7-8,13H,5-6,9-10H2,1-4H3,(H,19,20)/t13-/m0/s1. The van der Waals surface area contributed by atoms with Gasteiger partial charge in [0, 0.05) is 11.1 Å². The molecule has 0 saturated heterocycles. The molecule has 1 amide bonds. The zero-order valence-electron chi connectivity index (χ0n) is 14.1. The lowest BCUT2D eigenvalue weighted by molar-refractivity contribution is -0.150. The highest BCUT2D eigenvalue weighted by atomic mass is 35.5. The molecule has 6 heteroatoms. The summed E-state index contributed by atoms with van der Waals surface area (Å²) < 4.78 is 10.4. The van der Waals surface area contributed by atoms with E-state index in [-0.39, 0.29) is 25.2 Å². The number of carbonyl (C=O) groups is 2. The van der Waals surface area contributed by atoms with E-state index in [1.807, 2.05) is 27.7 Å². The average molecular weight is 342 g/mol. The lowest BCUT2D eigenvalue weighted by Crippen LogP contribution is -2.36. The van der Waals surface area contributed by atoms with Crippen LogP contribution in [0, 0.1) is 13.8 Å². The molecule has 1 atom stereocenters. The van der Waals surface area contributed by atoms with E-state index < -0.39 is 5.97 Å². The molecule has 0 fully saturated rings. The van der Waals surface area contributed by atoms with Crippen LogP contribution in [0.15, 0.2) is 12.1 Å². The van der Waals surface area contributed by atoms with Crippen molar-refractivity contribution in [2.75, 3.05) is 13.2 Å². The van der Waals surface area contributed by atoms with Crippen LogP contribution in [-0.2, 0) is 14.3 Å². The van der Waals surface area contributed by atoms with Crippen molar-refractivity contribution < 1.29 is 19.1 Å². The Morgan fingerprint density at radius 2 is 1.83 bits per heavy atom. The summed E-state index contributed by atoms with van der Waals surface area (Å²) in [5.74, 6) is -0.289. The van der Waals surface area contributed by atoms with E-state index >= 15 is 0 Å². The van der Waals surface area contributed by atoms with Crippen molar-refractivity contribution in [2.45, 2.75) is 46.6 Å². The van der Waals surface area contributed by atoms with E-state index in [1.165, 1.54) is 0 Å². The van der Waals surface area contributed by atoms with Crippen molar-refractivity contribution in [1.29, 1.82) is 0 Å². The zero-order chi connectivity index (χ0) is 17.4. The van der Waals surface area contributed by atoms with E-state index in [4.69, 9.17) is 21.1 Å². The van der Waals surface area contributed by atoms with Gasteiger partial charge >= 0.3 is 5.97 Å². The van der Waals surface area contributed by atoms with Crippen LogP contribution in [-0.4, -0.2) is 31.1 Å². The van der Waals surface area contributed by atoms with E-state index in [0.29, 0.717) is 10.8 Å². The molecule has 1 rings (SSSR count). The van der Waals surface area contributed by atoms with Crippen LogP contribution in [0.3, 0.4) is 0 Å². The highest BCUT2D eigenvalue weighted by Gasteiger charge is 2.12. The molecule has 23 heavy (non-hydrogen) atoms. The highest BCUT2D eigenvalue weighted by Crippen LogP contribution is 2.26. The molecule has 0 aliphatic heterocycles. The van der Waals surface area contributed by atoms with Crippen LogP contribution >= 0.6 is 11.6 Å². The molecule has 0 aromatic heterocycles. The van der Waals surface area contributed by atoms with Gasteiger partial charge in [0.1, 0.15) is 5.75 Å². The first-order chi connectivity index (χ1) is 10.8. The van der Waals surface area contributed by atoms with Gasteiger partial charge in [0.05, 0.1) is 0 Å². The fourth-order valence-electron chi connectivity index (χ4n) is 2.27. The average Bonchev–Trinajstić information content (AvgIpc) is 2.44. The Morgan fingerprint density at radius 3 is 2.39 bits per heavy atom. The number of rotatable bonds is 8. The second kappa shape index (κ2) is 9.40. The van der Waals surface area contributed by atoms with Gasteiger partial charge in [-0.25, -0.2) is 4.79 Å². The second-order valence-electron chi connectivity index (χ2n) is 5.58. The lowest BCUT2D eigenvalue weighted by Gasteiger charge is -2.14. The lowest BCUT2D eigenvalue weighted by atomic mass is 10.1. The van der Waals surface area contributed by atoms with Crippen LogP contribution in [0.5, 0.6) is 5.75 Å². The maximum Gasteiger partial charge on any atom is 0.344 e. The highest BCUT2D eigenvalue weighted by molar-refractivity contribution is 6.30. The minimum Gasteiger partial charge on any atom is -0.481 e. The Balaban J connectivity index is 2.39. The molecular weight excluding hydrogens is 318 g/mol. The number of amides is 1. The van der Waals surface area contributed by atoms with Gasteiger partial charge in [0.2, 0.25) is 0 Å². The van der Waals surface area contributed by atoms with E-state index in [2.05, 4.69) is 5.32 Å². The van der Waals surface area contributed by atoms with E-state index in [9.17, 15) is 9.59 Å². The maximum absolute atomic E-state index is 11.7. The molecule has 0 radical (unpaired) electrons. The molecule has 0 unspecified atom stereocenters. The van der Waals surface area contributed by atoms with Gasteiger partial charge in [-0.2, -0.15) is 0 Å². The summed E-state index contributed by atoms with van der Waals surface area (Å²) in [6.07, 6.45) is 1.87. The normalized spacial score (nSPS) is 11.7. The van der Waals surface area contributed by atoms with Crippen LogP contribution in [0.1, 0.15) is 37.8 Å². The number of carbonyl (C=O) groups excluding carboxylic acids is 2. The van der Waals surface area contributed by atoms with E-state index in [0.717, 1.165) is 24.0 Å². The first-order valence-electron chi connectivity index (χ1n) is 7.68. The van der Waals surface area contributed by atoms with Crippen molar-refractivity contribution in [3.05, 3.63) is 28.3 Å². The van der Waals surface area contributed by atoms with Gasteiger partial charge < -0.3 is 14.8 Å². The minimum atomic E-state index is -0.586. The molecule has 1 N–H and O–H groups in total. The maximum atomic E-state index is 11.7. The Labute approximate surface area is 142 Å². The zero-order valence-corrected chi connectivity index (χ0v) is 14.8. The van der Waals surface area contributed by atoms with Crippen LogP contribution in [0.2, 0.25) is 5.02 Å². The number of halogens is 1. The van der Waals surface area contributed by atoms with E-state index in [1.54, 1.807) is 12.1 Å². The summed E-state index contributed by atoms with van der Waals surface area (Å²) in [5, 5.41) is 3.38. The number of hydrogen-bond acceptors (Lipinski definition) is 4. The van der Waals surface area contributed by atoms with Crippen molar-refractivity contribution in [3.8, 4) is 5.75 Å². The SMILES string of the molecule is CCC[C@H](C)NC(=O)COC(=O)COc1c(C)cc(Cl)cc1C. The third-order valence-corrected chi connectivity index (χ3v) is 3.47. The molecule has 0 saturated carbocycles. The van der Waals surface area contributed by atoms with Crippen molar-refractivity contribution in [2.24, 2.45) is 0 Å². The molecular formula is C17H24ClNO4. The van der Waals surface area contributed by atoms with Gasteiger partial charge in [0.25, 0.3) is 5.91 Å². The first kappa shape index (κ1) is 19.3. The third kappa shape index (κ3) is 6.91. The number of benzene rings is 1. The van der Waals surface area contributed by atoms with Gasteiger partial charge in [-0.15, -0.1) is 0 Å². The summed E-state index contributed by atoms with van der Waals surface area (Å²) in [6.45, 7) is 7.11. The molecule has 0 aliphatic rings. The predicted molar refractivity (Wildman–Crippen MR) is 89.9 cm³/mol. The number of nitrogens with one attached hydrogen (secondary N) is 1. The van der Waals surface area contributed by atoms with Crippen LogP contribution < -0.4 is 10.1 Å². The molecule has 0 heterocycles.